The second-order valence-electron chi connectivity index (χ2n) is 4.80. The molecule has 3 aromatic rings. The van der Waals surface area contributed by atoms with E-state index in [2.05, 4.69) is 61.2 Å². The Hall–Kier alpha value is -0.0222. The molecule has 2 radical (unpaired) electrons. The first-order valence-electron chi connectivity index (χ1n) is 6.16. The number of aryl methyl sites for hydroxylation is 1. The first kappa shape index (κ1) is 19.0. The molecule has 0 saturated heterocycles. The zero-order valence-corrected chi connectivity index (χ0v) is 18.3. The van der Waals surface area contributed by atoms with Crippen LogP contribution in [0.25, 0.3) is 16.9 Å². The van der Waals surface area contributed by atoms with E-state index >= 15 is 0 Å². The second-order valence-corrected chi connectivity index (χ2v) is 4.80. The molecule has 2 aromatic heterocycles. The van der Waals surface area contributed by atoms with E-state index < -0.39 is 0 Å². The zero-order chi connectivity index (χ0) is 13.6. The Bertz CT molecular complexity index is 781. The van der Waals surface area contributed by atoms with Crippen LogP contribution >= 0.6 is 0 Å². The number of rotatable bonds is 1. The molecule has 0 fully saturated rings. The van der Waals surface area contributed by atoms with Crippen LogP contribution in [0.1, 0.15) is 22.3 Å². The summed E-state index contributed by atoms with van der Waals surface area (Å²) >= 11 is 0. The third-order valence-corrected chi connectivity index (χ3v) is 3.77. The van der Waals surface area contributed by atoms with Gasteiger partial charge in [-0.25, -0.2) is 5.56 Å². The first-order chi connectivity index (χ1) is 9.08. The van der Waals surface area contributed by atoms with Crippen LogP contribution in [-0.4, -0.2) is 19.6 Å². The average molecular weight is 428 g/mol. The normalized spacial score (nSPS) is 10.1. The standard InChI is InChI=1S/C15H14N4.2Y/c1-9-5-14(12(4)11(3)10(9)2)13-6-16-15-17-8-18-19(15)7-13;;/h5,8H,1-4H3;;/q-2;;. The molecule has 0 bridgehead atoms. The van der Waals surface area contributed by atoms with Gasteiger partial charge in [-0.05, 0) is 26.3 Å². The quantitative estimate of drug-likeness (QED) is 0.560. The summed E-state index contributed by atoms with van der Waals surface area (Å²) in [4.78, 5) is 8.18. The van der Waals surface area contributed by atoms with Crippen LogP contribution < -0.4 is 0 Å². The van der Waals surface area contributed by atoms with Crippen molar-refractivity contribution in [1.29, 1.82) is 0 Å². The minimum atomic E-state index is 0. The summed E-state index contributed by atoms with van der Waals surface area (Å²) in [7, 11) is 0. The summed E-state index contributed by atoms with van der Waals surface area (Å²) in [6.45, 7) is 8.52. The van der Waals surface area contributed by atoms with E-state index in [1.165, 1.54) is 28.6 Å². The number of aromatic nitrogens is 4. The fraction of sp³-hybridized carbons (Fsp3) is 0.267. The Kier molecular flexibility index (Phi) is 6.79. The predicted molar refractivity (Wildman–Crippen MR) is 72.8 cm³/mol. The van der Waals surface area contributed by atoms with Crippen LogP contribution in [0.3, 0.4) is 0 Å². The molecule has 21 heavy (non-hydrogen) atoms. The van der Waals surface area contributed by atoms with Crippen molar-refractivity contribution in [3.05, 3.63) is 47.0 Å². The van der Waals surface area contributed by atoms with E-state index in [-0.39, 0.29) is 65.4 Å². The Labute approximate surface area is 174 Å². The van der Waals surface area contributed by atoms with Crippen molar-refractivity contribution in [2.45, 2.75) is 27.7 Å². The summed E-state index contributed by atoms with van der Waals surface area (Å²) in [6.07, 6.45) is 7.63. The Morgan fingerprint density at radius 2 is 1.71 bits per heavy atom. The SMILES string of the molecule is Cc1cc(-c2[c-]nc3ncnn3[c-]2)c(C)c(C)c1C.[Y].[Y]. The van der Waals surface area contributed by atoms with Crippen LogP contribution in [-0.2, 0) is 65.4 Å². The third kappa shape index (κ3) is 3.50. The molecule has 6 heteroatoms. The van der Waals surface area contributed by atoms with E-state index in [1.54, 1.807) is 4.52 Å². The summed E-state index contributed by atoms with van der Waals surface area (Å²) in [6, 6.07) is 2.16. The van der Waals surface area contributed by atoms with Gasteiger partial charge in [-0.1, -0.05) is 18.1 Å². The largest absolute Gasteiger partial charge is 0.423 e. The molecule has 1 aromatic carbocycles. The smallest absolute Gasteiger partial charge is 0.117 e. The van der Waals surface area contributed by atoms with Crippen molar-refractivity contribution in [3.63, 3.8) is 0 Å². The van der Waals surface area contributed by atoms with Gasteiger partial charge in [0.1, 0.15) is 6.33 Å². The van der Waals surface area contributed by atoms with E-state index in [9.17, 15) is 0 Å². The minimum Gasteiger partial charge on any atom is -0.423 e. The van der Waals surface area contributed by atoms with Gasteiger partial charge < -0.3 is 9.50 Å². The molecule has 0 atom stereocenters. The number of fused-ring (bicyclic) bond motifs is 1. The molecule has 0 aliphatic carbocycles. The Morgan fingerprint density at radius 1 is 1.00 bits per heavy atom. The van der Waals surface area contributed by atoms with Gasteiger partial charge in [0.25, 0.3) is 0 Å². The fourth-order valence-corrected chi connectivity index (χ4v) is 2.22. The Balaban J connectivity index is 0.00000110. The van der Waals surface area contributed by atoms with E-state index in [1.807, 2.05) is 0 Å². The summed E-state index contributed by atoms with van der Waals surface area (Å²) in [5.41, 5.74) is 7.05. The summed E-state index contributed by atoms with van der Waals surface area (Å²) in [5, 5.41) is 4.06. The van der Waals surface area contributed by atoms with Gasteiger partial charge in [0.2, 0.25) is 0 Å². The van der Waals surface area contributed by atoms with Crippen LogP contribution in [0.2, 0.25) is 0 Å². The zero-order valence-electron chi connectivity index (χ0n) is 12.6. The fourth-order valence-electron chi connectivity index (χ4n) is 2.22. The van der Waals surface area contributed by atoms with Gasteiger partial charge in [0.05, 0.1) is 5.78 Å². The van der Waals surface area contributed by atoms with Crippen molar-refractivity contribution in [1.82, 2.24) is 19.6 Å². The van der Waals surface area contributed by atoms with Crippen molar-refractivity contribution in [3.8, 4) is 11.1 Å². The maximum Gasteiger partial charge on any atom is 0.117 e. The molecule has 0 N–H and O–H groups in total. The van der Waals surface area contributed by atoms with Gasteiger partial charge in [-0.15, -0.1) is 11.6 Å². The van der Waals surface area contributed by atoms with E-state index in [0.29, 0.717) is 5.78 Å². The molecule has 102 valence electrons. The molecule has 4 nitrogen and oxygen atoms in total. The molecule has 0 spiro atoms. The van der Waals surface area contributed by atoms with Gasteiger partial charge >= 0.3 is 0 Å². The maximum atomic E-state index is 4.17. The van der Waals surface area contributed by atoms with Crippen LogP contribution in [0, 0.1) is 40.1 Å². The first-order valence-corrected chi connectivity index (χ1v) is 6.16. The molecule has 0 amide bonds. The van der Waals surface area contributed by atoms with Crippen molar-refractivity contribution in [2.75, 3.05) is 0 Å². The van der Waals surface area contributed by atoms with Crippen molar-refractivity contribution >= 4 is 5.78 Å². The van der Waals surface area contributed by atoms with Crippen LogP contribution in [0.5, 0.6) is 0 Å². The van der Waals surface area contributed by atoms with Gasteiger partial charge in [-0.2, -0.15) is 23.1 Å². The third-order valence-electron chi connectivity index (χ3n) is 3.77. The number of nitrogens with zero attached hydrogens (tertiary/aromatic N) is 4. The Morgan fingerprint density at radius 3 is 2.43 bits per heavy atom. The molecule has 0 unspecified atom stereocenters. The van der Waals surface area contributed by atoms with Gasteiger partial charge in [0.15, 0.2) is 0 Å². The van der Waals surface area contributed by atoms with Crippen LogP contribution in [0.4, 0.5) is 0 Å². The van der Waals surface area contributed by atoms with Crippen LogP contribution in [0.15, 0.2) is 12.4 Å². The maximum absolute atomic E-state index is 4.17. The number of hydrogen-bond donors (Lipinski definition) is 0. The molecule has 2 heterocycles. The molecule has 0 saturated carbocycles. The summed E-state index contributed by atoms with van der Waals surface area (Å²) < 4.78 is 1.55. The summed E-state index contributed by atoms with van der Waals surface area (Å²) in [5.74, 6) is 0.516. The topological polar surface area (TPSA) is 43.1 Å². The monoisotopic (exact) mass is 428 g/mol. The second kappa shape index (κ2) is 7.50. The van der Waals surface area contributed by atoms with Crippen molar-refractivity contribution in [2.24, 2.45) is 0 Å². The van der Waals surface area contributed by atoms with Crippen molar-refractivity contribution < 1.29 is 65.4 Å². The molecular formula is C15H14N4Y2-2. The molecule has 0 aliphatic rings. The van der Waals surface area contributed by atoms with E-state index in [4.69, 9.17) is 0 Å². The number of benzene rings is 1. The van der Waals surface area contributed by atoms with E-state index in [0.717, 1.165) is 11.1 Å². The average Bonchev–Trinajstić information content (AvgIpc) is 2.87. The molecular weight excluding hydrogens is 414 g/mol. The van der Waals surface area contributed by atoms with Gasteiger partial charge in [0, 0.05) is 65.4 Å². The molecule has 3 rings (SSSR count). The molecule has 0 aliphatic heterocycles. The minimum absolute atomic E-state index is 0. The predicted octanol–water partition coefficient (Wildman–Crippen LogP) is 2.62. The van der Waals surface area contributed by atoms with Gasteiger partial charge in [-0.3, -0.25) is 4.98 Å². The number of hydrogen-bond acceptors (Lipinski definition) is 3.